The fourth-order valence-electron chi connectivity index (χ4n) is 2.19. The number of rotatable bonds is 4. The largest absolute Gasteiger partial charge is 0.497 e. The standard InChI is InChI=1S/C16H19NO2/c1-11-8-13(18-2)4-6-15(11)16-7-5-14(19-3)9-12(16)10-17/h4-9H,10,17H2,1-3H3. The summed E-state index contributed by atoms with van der Waals surface area (Å²) < 4.78 is 10.5. The van der Waals surface area contributed by atoms with Gasteiger partial charge in [-0.25, -0.2) is 0 Å². The van der Waals surface area contributed by atoms with Crippen LogP contribution in [0.1, 0.15) is 11.1 Å². The van der Waals surface area contributed by atoms with Crippen molar-refractivity contribution in [1.29, 1.82) is 0 Å². The van der Waals surface area contributed by atoms with Gasteiger partial charge < -0.3 is 15.2 Å². The van der Waals surface area contributed by atoms with Gasteiger partial charge in [-0.05, 0) is 53.4 Å². The van der Waals surface area contributed by atoms with Crippen molar-refractivity contribution in [1.82, 2.24) is 0 Å². The Morgan fingerprint density at radius 2 is 1.47 bits per heavy atom. The number of methoxy groups -OCH3 is 2. The van der Waals surface area contributed by atoms with E-state index in [0.29, 0.717) is 6.54 Å². The van der Waals surface area contributed by atoms with Crippen LogP contribution in [-0.4, -0.2) is 14.2 Å². The molecule has 2 aromatic carbocycles. The van der Waals surface area contributed by atoms with E-state index >= 15 is 0 Å². The number of hydrogen-bond donors (Lipinski definition) is 1. The van der Waals surface area contributed by atoms with Crippen LogP contribution < -0.4 is 15.2 Å². The Hall–Kier alpha value is -2.00. The molecule has 0 fully saturated rings. The van der Waals surface area contributed by atoms with E-state index in [1.165, 1.54) is 11.1 Å². The molecule has 3 heteroatoms. The van der Waals surface area contributed by atoms with Gasteiger partial charge >= 0.3 is 0 Å². The van der Waals surface area contributed by atoms with E-state index in [9.17, 15) is 0 Å². The lowest BCUT2D eigenvalue weighted by Crippen LogP contribution is -2.00. The van der Waals surface area contributed by atoms with Gasteiger partial charge in [0.15, 0.2) is 0 Å². The molecule has 0 saturated heterocycles. The molecule has 0 spiro atoms. The molecule has 0 atom stereocenters. The van der Waals surface area contributed by atoms with Crippen LogP contribution in [0.3, 0.4) is 0 Å². The molecule has 2 N–H and O–H groups in total. The normalized spacial score (nSPS) is 10.3. The van der Waals surface area contributed by atoms with E-state index in [1.807, 2.05) is 24.3 Å². The van der Waals surface area contributed by atoms with Gasteiger partial charge in [0, 0.05) is 6.54 Å². The number of nitrogens with two attached hydrogens (primary N) is 1. The van der Waals surface area contributed by atoms with Gasteiger partial charge in [0.05, 0.1) is 14.2 Å². The molecular formula is C16H19NO2. The lowest BCUT2D eigenvalue weighted by Gasteiger charge is -2.13. The highest BCUT2D eigenvalue weighted by molar-refractivity contribution is 5.72. The molecule has 0 aliphatic rings. The molecule has 0 amide bonds. The fourth-order valence-corrected chi connectivity index (χ4v) is 2.19. The topological polar surface area (TPSA) is 44.5 Å². The smallest absolute Gasteiger partial charge is 0.119 e. The number of benzene rings is 2. The molecule has 0 saturated carbocycles. The molecule has 0 radical (unpaired) electrons. The summed E-state index contributed by atoms with van der Waals surface area (Å²) in [5.74, 6) is 1.69. The zero-order valence-corrected chi connectivity index (χ0v) is 11.6. The predicted molar refractivity (Wildman–Crippen MR) is 77.6 cm³/mol. The summed E-state index contributed by atoms with van der Waals surface area (Å²) in [7, 11) is 3.33. The first-order valence-corrected chi connectivity index (χ1v) is 6.21. The predicted octanol–water partition coefficient (Wildman–Crippen LogP) is 3.14. The van der Waals surface area contributed by atoms with Crippen LogP contribution in [0.2, 0.25) is 0 Å². The van der Waals surface area contributed by atoms with Crippen molar-refractivity contribution in [3.63, 3.8) is 0 Å². The third kappa shape index (κ3) is 2.71. The Morgan fingerprint density at radius 1 is 0.895 bits per heavy atom. The first kappa shape index (κ1) is 13.4. The molecule has 2 rings (SSSR count). The minimum atomic E-state index is 0.484. The van der Waals surface area contributed by atoms with Gasteiger partial charge in [-0.3, -0.25) is 0 Å². The molecule has 0 aliphatic carbocycles. The minimum Gasteiger partial charge on any atom is -0.497 e. The molecule has 2 aromatic rings. The molecule has 0 heterocycles. The van der Waals surface area contributed by atoms with Crippen molar-refractivity contribution in [2.24, 2.45) is 5.73 Å². The molecule has 0 unspecified atom stereocenters. The first-order chi connectivity index (χ1) is 9.19. The minimum absolute atomic E-state index is 0.484. The summed E-state index contributed by atoms with van der Waals surface area (Å²) in [5, 5.41) is 0. The Labute approximate surface area is 114 Å². The van der Waals surface area contributed by atoms with E-state index in [4.69, 9.17) is 15.2 Å². The molecule has 0 aromatic heterocycles. The van der Waals surface area contributed by atoms with Gasteiger partial charge in [0.1, 0.15) is 11.5 Å². The summed E-state index contributed by atoms with van der Waals surface area (Å²) in [6.45, 7) is 2.56. The van der Waals surface area contributed by atoms with Crippen molar-refractivity contribution >= 4 is 0 Å². The maximum Gasteiger partial charge on any atom is 0.119 e. The summed E-state index contributed by atoms with van der Waals surface area (Å²) in [6.07, 6.45) is 0. The van der Waals surface area contributed by atoms with E-state index in [1.54, 1.807) is 14.2 Å². The molecule has 100 valence electrons. The molecule has 0 aliphatic heterocycles. The van der Waals surface area contributed by atoms with Crippen LogP contribution in [0, 0.1) is 6.92 Å². The van der Waals surface area contributed by atoms with Crippen molar-refractivity contribution in [3.8, 4) is 22.6 Å². The molecule has 3 nitrogen and oxygen atoms in total. The van der Waals surface area contributed by atoms with E-state index in [-0.39, 0.29) is 0 Å². The van der Waals surface area contributed by atoms with Crippen molar-refractivity contribution < 1.29 is 9.47 Å². The van der Waals surface area contributed by atoms with Crippen LogP contribution >= 0.6 is 0 Å². The third-order valence-electron chi connectivity index (χ3n) is 3.26. The molecular weight excluding hydrogens is 238 g/mol. The summed E-state index contributed by atoms with van der Waals surface area (Å²) in [6, 6.07) is 12.1. The Kier molecular flexibility index (Phi) is 4.07. The lowest BCUT2D eigenvalue weighted by atomic mass is 9.95. The third-order valence-corrected chi connectivity index (χ3v) is 3.26. The van der Waals surface area contributed by atoms with Crippen LogP contribution in [0.5, 0.6) is 11.5 Å². The maximum atomic E-state index is 5.84. The molecule has 19 heavy (non-hydrogen) atoms. The molecule has 0 bridgehead atoms. The highest BCUT2D eigenvalue weighted by Gasteiger charge is 2.09. The second kappa shape index (κ2) is 5.76. The van der Waals surface area contributed by atoms with Crippen LogP contribution in [0.15, 0.2) is 36.4 Å². The first-order valence-electron chi connectivity index (χ1n) is 6.21. The summed E-state index contributed by atoms with van der Waals surface area (Å²) in [5.41, 5.74) is 10.4. The lowest BCUT2D eigenvalue weighted by molar-refractivity contribution is 0.414. The van der Waals surface area contributed by atoms with Gasteiger partial charge in [0.25, 0.3) is 0 Å². The van der Waals surface area contributed by atoms with Gasteiger partial charge in [-0.15, -0.1) is 0 Å². The SMILES string of the molecule is COc1ccc(-c2ccc(OC)cc2CN)c(C)c1. The van der Waals surface area contributed by atoms with E-state index < -0.39 is 0 Å². The van der Waals surface area contributed by atoms with Gasteiger partial charge in [-0.2, -0.15) is 0 Å². The Bertz CT molecular complexity index is 579. The van der Waals surface area contributed by atoms with Crippen LogP contribution in [0.4, 0.5) is 0 Å². The monoisotopic (exact) mass is 257 g/mol. The van der Waals surface area contributed by atoms with Crippen molar-refractivity contribution in [2.45, 2.75) is 13.5 Å². The van der Waals surface area contributed by atoms with Crippen molar-refractivity contribution in [3.05, 3.63) is 47.5 Å². The van der Waals surface area contributed by atoms with E-state index in [0.717, 1.165) is 22.6 Å². The second-order valence-corrected chi connectivity index (χ2v) is 4.41. The average molecular weight is 257 g/mol. The zero-order valence-electron chi connectivity index (χ0n) is 11.6. The average Bonchev–Trinajstić information content (AvgIpc) is 2.46. The van der Waals surface area contributed by atoms with Crippen LogP contribution in [0.25, 0.3) is 11.1 Å². The fraction of sp³-hybridized carbons (Fsp3) is 0.250. The van der Waals surface area contributed by atoms with Gasteiger partial charge in [-0.1, -0.05) is 12.1 Å². The van der Waals surface area contributed by atoms with Crippen LogP contribution in [-0.2, 0) is 6.54 Å². The number of ether oxygens (including phenoxy) is 2. The Balaban J connectivity index is 2.52. The number of hydrogen-bond acceptors (Lipinski definition) is 3. The highest BCUT2D eigenvalue weighted by atomic mass is 16.5. The van der Waals surface area contributed by atoms with Crippen molar-refractivity contribution in [2.75, 3.05) is 14.2 Å². The zero-order chi connectivity index (χ0) is 13.8. The maximum absolute atomic E-state index is 5.84. The second-order valence-electron chi connectivity index (χ2n) is 4.41. The quantitative estimate of drug-likeness (QED) is 0.915. The Morgan fingerprint density at radius 3 is 2.00 bits per heavy atom. The van der Waals surface area contributed by atoms with Gasteiger partial charge in [0.2, 0.25) is 0 Å². The number of aryl methyl sites for hydroxylation is 1. The van der Waals surface area contributed by atoms with E-state index in [2.05, 4.69) is 19.1 Å². The summed E-state index contributed by atoms with van der Waals surface area (Å²) in [4.78, 5) is 0. The highest BCUT2D eigenvalue weighted by Crippen LogP contribution is 2.31. The summed E-state index contributed by atoms with van der Waals surface area (Å²) >= 11 is 0.